The third kappa shape index (κ3) is 5.31. The summed E-state index contributed by atoms with van der Waals surface area (Å²) in [6, 6.07) is 8.75. The topological polar surface area (TPSA) is 37.8 Å². The molecule has 0 aliphatic carbocycles. The zero-order chi connectivity index (χ0) is 17.4. The highest BCUT2D eigenvalue weighted by atomic mass is 19.1. The summed E-state index contributed by atoms with van der Waals surface area (Å²) in [6.45, 7) is 12.3. The number of nitrogens with one attached hydrogen (secondary N) is 1. The molecule has 4 heteroatoms. The van der Waals surface area contributed by atoms with Gasteiger partial charge >= 0.3 is 0 Å². The molecule has 23 heavy (non-hydrogen) atoms. The first-order chi connectivity index (χ1) is 11.0. The van der Waals surface area contributed by atoms with Crippen LogP contribution in [0.1, 0.15) is 71.2 Å². The summed E-state index contributed by atoms with van der Waals surface area (Å²) in [5.41, 5.74) is 3.12. The Labute approximate surface area is 140 Å². The largest absolute Gasteiger partial charge is 0.362 e. The van der Waals surface area contributed by atoms with Gasteiger partial charge in [-0.25, -0.2) is 4.39 Å². The van der Waals surface area contributed by atoms with Crippen LogP contribution >= 0.6 is 0 Å². The number of anilines is 1. The molecule has 3 nitrogen and oxygen atoms in total. The minimum atomic E-state index is -0.217. The van der Waals surface area contributed by atoms with Crippen LogP contribution in [0.25, 0.3) is 0 Å². The highest BCUT2D eigenvalue weighted by Gasteiger charge is 2.13. The second-order valence-corrected chi connectivity index (χ2v) is 5.61. The van der Waals surface area contributed by atoms with Gasteiger partial charge in [0.1, 0.15) is 5.82 Å². The lowest BCUT2D eigenvalue weighted by Crippen LogP contribution is -2.13. The van der Waals surface area contributed by atoms with Crippen molar-refractivity contribution >= 4 is 5.82 Å². The van der Waals surface area contributed by atoms with Crippen molar-refractivity contribution in [2.24, 2.45) is 0 Å². The van der Waals surface area contributed by atoms with E-state index in [-0.39, 0.29) is 13.3 Å². The Bertz CT molecular complexity index is 600. The average Bonchev–Trinajstić information content (AvgIpc) is 2.56. The third-order valence-corrected chi connectivity index (χ3v) is 3.59. The van der Waals surface area contributed by atoms with E-state index in [1.807, 2.05) is 32.9 Å². The fourth-order valence-corrected chi connectivity index (χ4v) is 2.21. The molecule has 0 bridgehead atoms. The lowest BCUT2D eigenvalue weighted by Gasteiger charge is -2.19. The Morgan fingerprint density at radius 2 is 1.74 bits per heavy atom. The quantitative estimate of drug-likeness (QED) is 0.747. The number of aromatic nitrogens is 2. The van der Waals surface area contributed by atoms with Crippen LogP contribution in [-0.4, -0.2) is 10.2 Å². The third-order valence-electron chi connectivity index (χ3n) is 3.59. The molecule has 0 saturated carbocycles. The minimum Gasteiger partial charge on any atom is -0.362 e. The fourth-order valence-electron chi connectivity index (χ4n) is 2.21. The Hall–Kier alpha value is -1.97. The highest BCUT2D eigenvalue weighted by molar-refractivity contribution is 5.45. The second-order valence-electron chi connectivity index (χ2n) is 5.61. The standard InChI is InChI=1S/C17H22FN3.C2H6.H2/c1-5-15(13-6-8-14(18)9-7-13)19-17-12(4)10-16(11(2)3)20-21-17;1-2;/h6-11,15H,5H2,1-4H3,(H,19,21);1-2H3;1H/t15-;;/m1../s1. The second kappa shape index (κ2) is 9.23. The van der Waals surface area contributed by atoms with Crippen molar-refractivity contribution in [1.82, 2.24) is 10.2 Å². The molecule has 1 atom stereocenters. The van der Waals surface area contributed by atoms with Crippen LogP contribution in [-0.2, 0) is 0 Å². The molecular formula is C19H30FN3. The summed E-state index contributed by atoms with van der Waals surface area (Å²) < 4.78 is 13.0. The maximum Gasteiger partial charge on any atom is 0.152 e. The summed E-state index contributed by atoms with van der Waals surface area (Å²) in [5.74, 6) is 0.936. The molecule has 0 radical (unpaired) electrons. The number of hydrogen-bond donors (Lipinski definition) is 1. The van der Waals surface area contributed by atoms with E-state index in [9.17, 15) is 4.39 Å². The van der Waals surface area contributed by atoms with Crippen molar-refractivity contribution in [3.05, 3.63) is 53.0 Å². The van der Waals surface area contributed by atoms with Crippen LogP contribution in [0, 0.1) is 12.7 Å². The molecule has 0 unspecified atom stereocenters. The molecule has 1 heterocycles. The molecule has 1 aromatic carbocycles. The molecule has 0 fully saturated rings. The van der Waals surface area contributed by atoms with Crippen LogP contribution in [0.3, 0.4) is 0 Å². The maximum absolute atomic E-state index is 13.0. The Morgan fingerprint density at radius 3 is 2.22 bits per heavy atom. The molecule has 2 rings (SSSR count). The van der Waals surface area contributed by atoms with Gasteiger partial charge in [-0.3, -0.25) is 0 Å². The van der Waals surface area contributed by atoms with Gasteiger partial charge in [0.15, 0.2) is 5.82 Å². The summed E-state index contributed by atoms with van der Waals surface area (Å²) in [5, 5.41) is 12.0. The Kier molecular flexibility index (Phi) is 7.66. The average molecular weight is 319 g/mol. The number of benzene rings is 1. The first-order valence-corrected chi connectivity index (χ1v) is 8.37. The number of rotatable bonds is 5. The van der Waals surface area contributed by atoms with E-state index in [1.54, 1.807) is 0 Å². The molecule has 0 saturated heterocycles. The normalized spacial score (nSPS) is 11.7. The summed E-state index contributed by atoms with van der Waals surface area (Å²) in [4.78, 5) is 0. The summed E-state index contributed by atoms with van der Waals surface area (Å²) in [6.07, 6.45) is 0.888. The van der Waals surface area contributed by atoms with E-state index >= 15 is 0 Å². The van der Waals surface area contributed by atoms with E-state index in [2.05, 4.69) is 42.4 Å². The number of aryl methyl sites for hydroxylation is 1. The molecule has 0 aliphatic rings. The fraction of sp³-hybridized carbons (Fsp3) is 0.474. The van der Waals surface area contributed by atoms with Crippen molar-refractivity contribution < 1.29 is 5.82 Å². The molecule has 0 aliphatic heterocycles. The van der Waals surface area contributed by atoms with Crippen molar-refractivity contribution in [3.63, 3.8) is 0 Å². The van der Waals surface area contributed by atoms with Gasteiger partial charge in [-0.2, -0.15) is 5.10 Å². The van der Waals surface area contributed by atoms with Crippen molar-refractivity contribution in [1.29, 1.82) is 0 Å². The zero-order valence-electron chi connectivity index (χ0n) is 15.0. The van der Waals surface area contributed by atoms with Crippen LogP contribution < -0.4 is 5.32 Å². The van der Waals surface area contributed by atoms with Gasteiger partial charge in [-0.1, -0.05) is 46.8 Å². The van der Waals surface area contributed by atoms with E-state index in [1.165, 1.54) is 12.1 Å². The first kappa shape index (κ1) is 19.1. The number of hydrogen-bond acceptors (Lipinski definition) is 3. The molecule has 2 aromatic rings. The molecular weight excluding hydrogens is 289 g/mol. The van der Waals surface area contributed by atoms with Gasteiger partial charge in [-0.15, -0.1) is 5.10 Å². The van der Waals surface area contributed by atoms with Gasteiger partial charge in [0, 0.05) is 1.43 Å². The van der Waals surface area contributed by atoms with Crippen molar-refractivity contribution in [2.75, 3.05) is 5.32 Å². The molecule has 1 N–H and O–H groups in total. The van der Waals surface area contributed by atoms with Crippen LogP contribution in [0.15, 0.2) is 30.3 Å². The number of nitrogens with zero attached hydrogens (tertiary/aromatic N) is 2. The lowest BCUT2D eigenvalue weighted by atomic mass is 10.0. The van der Waals surface area contributed by atoms with Gasteiger partial charge in [-0.05, 0) is 48.6 Å². The SMILES string of the molecule is CC.CC[C@@H](Nc1nnc(C(C)C)cc1C)c1ccc(F)cc1.[HH]. The van der Waals surface area contributed by atoms with Crippen molar-refractivity contribution in [2.45, 2.75) is 59.9 Å². The van der Waals surface area contributed by atoms with E-state index in [4.69, 9.17) is 0 Å². The van der Waals surface area contributed by atoms with Gasteiger partial charge < -0.3 is 5.32 Å². The molecule has 0 spiro atoms. The Balaban J connectivity index is 0.00000170. The maximum atomic E-state index is 13.0. The molecule has 0 amide bonds. The van der Waals surface area contributed by atoms with Crippen molar-refractivity contribution in [3.8, 4) is 0 Å². The van der Waals surface area contributed by atoms with Crippen LogP contribution in [0.5, 0.6) is 0 Å². The minimum absolute atomic E-state index is 0. The van der Waals surface area contributed by atoms with Gasteiger partial charge in [0.2, 0.25) is 0 Å². The first-order valence-electron chi connectivity index (χ1n) is 8.37. The van der Waals surface area contributed by atoms with Gasteiger partial charge in [0.05, 0.1) is 11.7 Å². The molecule has 1 aromatic heterocycles. The monoisotopic (exact) mass is 319 g/mol. The van der Waals surface area contributed by atoms with E-state index in [0.29, 0.717) is 5.92 Å². The van der Waals surface area contributed by atoms with E-state index in [0.717, 1.165) is 29.1 Å². The highest BCUT2D eigenvalue weighted by Crippen LogP contribution is 2.24. The number of halogens is 1. The van der Waals surface area contributed by atoms with E-state index < -0.39 is 0 Å². The predicted molar refractivity (Wildman–Crippen MR) is 97.4 cm³/mol. The smallest absolute Gasteiger partial charge is 0.152 e. The van der Waals surface area contributed by atoms with Gasteiger partial charge in [0.25, 0.3) is 0 Å². The zero-order valence-corrected chi connectivity index (χ0v) is 15.0. The van der Waals surface area contributed by atoms with Crippen LogP contribution in [0.2, 0.25) is 0 Å². The lowest BCUT2D eigenvalue weighted by molar-refractivity contribution is 0.625. The molecule has 128 valence electrons. The Morgan fingerprint density at radius 1 is 1.13 bits per heavy atom. The predicted octanol–water partition coefficient (Wildman–Crippen LogP) is 5.88. The summed E-state index contributed by atoms with van der Waals surface area (Å²) in [7, 11) is 0. The van der Waals surface area contributed by atoms with Crippen LogP contribution in [0.4, 0.5) is 10.2 Å². The summed E-state index contributed by atoms with van der Waals surface area (Å²) >= 11 is 0.